The predicted octanol–water partition coefficient (Wildman–Crippen LogP) is 5.26. The number of hydrogen-bond donors (Lipinski definition) is 2. The van der Waals surface area contributed by atoms with E-state index >= 15 is 0 Å². The summed E-state index contributed by atoms with van der Waals surface area (Å²) >= 11 is 0. The van der Waals surface area contributed by atoms with Crippen molar-refractivity contribution in [2.24, 2.45) is 0 Å². The highest BCUT2D eigenvalue weighted by atomic mass is 16.1. The average molecular weight is 387 g/mol. The molecule has 0 unspecified atom stereocenters. The summed E-state index contributed by atoms with van der Waals surface area (Å²) in [6, 6.07) is 2.54. The lowest BCUT2D eigenvalue weighted by molar-refractivity contribution is 0.0966. The molecule has 2 heterocycles. The van der Waals surface area contributed by atoms with Crippen LogP contribution in [0.1, 0.15) is 100 Å². The van der Waals surface area contributed by atoms with Crippen molar-refractivity contribution in [3.63, 3.8) is 0 Å². The number of amides is 1. The predicted molar refractivity (Wildman–Crippen MR) is 117 cm³/mol. The van der Waals surface area contributed by atoms with Gasteiger partial charge in [0.05, 0.1) is 5.56 Å². The summed E-state index contributed by atoms with van der Waals surface area (Å²) in [5.41, 5.74) is 1.86. The summed E-state index contributed by atoms with van der Waals surface area (Å²) in [6.07, 6.45) is 14.0. The van der Waals surface area contributed by atoms with Crippen molar-refractivity contribution in [1.29, 1.82) is 0 Å². The number of rotatable bonds is 7. The largest absolute Gasteiger partial charge is 0.367 e. The minimum atomic E-state index is 0.0213. The van der Waals surface area contributed by atoms with Crippen LogP contribution in [0, 0.1) is 0 Å². The van der Waals surface area contributed by atoms with E-state index in [0.29, 0.717) is 12.6 Å². The molecule has 1 saturated carbocycles. The van der Waals surface area contributed by atoms with Gasteiger partial charge in [0, 0.05) is 25.7 Å². The van der Waals surface area contributed by atoms with Crippen molar-refractivity contribution in [3.8, 4) is 0 Å². The molecular formula is C23H38N4O. The summed E-state index contributed by atoms with van der Waals surface area (Å²) in [5, 5.41) is 6.70. The zero-order valence-corrected chi connectivity index (χ0v) is 17.9. The van der Waals surface area contributed by atoms with E-state index in [9.17, 15) is 4.79 Å². The lowest BCUT2D eigenvalue weighted by Gasteiger charge is -2.25. The second-order valence-corrected chi connectivity index (χ2v) is 8.37. The molecule has 0 spiro atoms. The van der Waals surface area contributed by atoms with E-state index in [1.165, 1.54) is 64.2 Å². The lowest BCUT2D eigenvalue weighted by Crippen LogP contribution is -2.27. The first kappa shape index (κ1) is 20.9. The van der Waals surface area contributed by atoms with Gasteiger partial charge in [0.15, 0.2) is 0 Å². The van der Waals surface area contributed by atoms with Crippen LogP contribution in [-0.4, -0.2) is 30.0 Å². The molecule has 1 aromatic rings. The van der Waals surface area contributed by atoms with E-state index in [0.717, 1.165) is 42.3 Å². The van der Waals surface area contributed by atoms with Crippen LogP contribution >= 0.6 is 0 Å². The van der Waals surface area contributed by atoms with Gasteiger partial charge < -0.3 is 15.5 Å². The molecule has 156 valence electrons. The summed E-state index contributed by atoms with van der Waals surface area (Å²) in [4.78, 5) is 19.8. The number of nitrogens with zero attached hydrogens (tertiary/aromatic N) is 2. The fourth-order valence-corrected chi connectivity index (χ4v) is 4.44. The van der Waals surface area contributed by atoms with E-state index in [-0.39, 0.29) is 5.91 Å². The van der Waals surface area contributed by atoms with Crippen molar-refractivity contribution in [3.05, 3.63) is 17.2 Å². The van der Waals surface area contributed by atoms with Gasteiger partial charge in [0.25, 0.3) is 5.91 Å². The van der Waals surface area contributed by atoms with Crippen LogP contribution in [0.15, 0.2) is 6.07 Å². The van der Waals surface area contributed by atoms with Crippen molar-refractivity contribution in [1.82, 2.24) is 10.3 Å². The van der Waals surface area contributed by atoms with Crippen LogP contribution in [0.4, 0.5) is 11.6 Å². The van der Waals surface area contributed by atoms with Crippen molar-refractivity contribution in [2.45, 2.75) is 97.1 Å². The molecule has 5 heteroatoms. The normalized spacial score (nSPS) is 18.4. The van der Waals surface area contributed by atoms with Crippen LogP contribution in [0.3, 0.4) is 0 Å². The molecule has 1 aliphatic carbocycles. The number of unbranched alkanes of at least 4 members (excludes halogenated alkanes) is 1. The van der Waals surface area contributed by atoms with Gasteiger partial charge >= 0.3 is 0 Å². The van der Waals surface area contributed by atoms with E-state index in [1.807, 2.05) is 0 Å². The van der Waals surface area contributed by atoms with E-state index in [2.05, 4.69) is 35.4 Å². The molecule has 1 aliphatic heterocycles. The molecule has 2 aliphatic rings. The van der Waals surface area contributed by atoms with Crippen molar-refractivity contribution >= 4 is 17.5 Å². The zero-order valence-electron chi connectivity index (χ0n) is 17.9. The molecule has 1 aromatic heterocycles. The number of carbonyl (C=O) groups excluding carboxylic acids is 1. The van der Waals surface area contributed by atoms with Gasteiger partial charge in [0.1, 0.15) is 11.6 Å². The number of fused-ring (bicyclic) bond motifs is 1. The highest BCUT2D eigenvalue weighted by Gasteiger charge is 2.27. The Morgan fingerprint density at radius 3 is 2.43 bits per heavy atom. The quantitative estimate of drug-likeness (QED) is 0.671. The highest BCUT2D eigenvalue weighted by Crippen LogP contribution is 2.29. The molecule has 28 heavy (non-hydrogen) atoms. The maximum atomic E-state index is 12.5. The Morgan fingerprint density at radius 2 is 1.79 bits per heavy atom. The van der Waals surface area contributed by atoms with E-state index < -0.39 is 0 Å². The zero-order chi connectivity index (χ0) is 19.8. The van der Waals surface area contributed by atoms with Gasteiger partial charge in [-0.25, -0.2) is 4.98 Å². The maximum absolute atomic E-state index is 12.5. The standard InChI is InChI=1S/C23H38N4O/c1-3-5-15-27(4-2)20-16-18-17-24-23(28)21(18)22(26-20)25-19-13-11-9-7-6-8-10-12-14-19/h16,19H,3-15,17H2,1-2H3,(H,24,28)(H,25,26). The fourth-order valence-electron chi connectivity index (χ4n) is 4.44. The van der Waals surface area contributed by atoms with Crippen LogP contribution in [0.25, 0.3) is 0 Å². The molecule has 5 nitrogen and oxygen atoms in total. The lowest BCUT2D eigenvalue weighted by atomic mass is 9.97. The second-order valence-electron chi connectivity index (χ2n) is 8.37. The molecule has 2 N–H and O–H groups in total. The maximum Gasteiger partial charge on any atom is 0.255 e. The Labute approximate surface area is 170 Å². The number of pyridine rings is 1. The summed E-state index contributed by atoms with van der Waals surface area (Å²) < 4.78 is 0. The first-order valence-electron chi connectivity index (χ1n) is 11.6. The molecule has 0 saturated heterocycles. The van der Waals surface area contributed by atoms with Crippen LogP contribution in [0.2, 0.25) is 0 Å². The Bertz CT molecular complexity index is 636. The number of hydrogen-bond acceptors (Lipinski definition) is 4. The topological polar surface area (TPSA) is 57.3 Å². The Balaban J connectivity index is 1.82. The van der Waals surface area contributed by atoms with Crippen molar-refractivity contribution < 1.29 is 4.79 Å². The fraction of sp³-hybridized carbons (Fsp3) is 0.739. The third-order valence-corrected chi connectivity index (χ3v) is 6.19. The molecule has 0 bridgehead atoms. The molecule has 3 rings (SSSR count). The number of anilines is 2. The average Bonchev–Trinajstić information content (AvgIpc) is 3.08. The molecule has 0 aromatic carbocycles. The van der Waals surface area contributed by atoms with E-state index in [1.54, 1.807) is 0 Å². The minimum Gasteiger partial charge on any atom is -0.367 e. The van der Waals surface area contributed by atoms with Gasteiger partial charge in [0.2, 0.25) is 0 Å². The van der Waals surface area contributed by atoms with Gasteiger partial charge in [-0.1, -0.05) is 58.3 Å². The SMILES string of the molecule is CCCCN(CC)c1cc2c(c(NC3CCCCCCCCC3)n1)C(=O)NC2. The number of carbonyl (C=O) groups is 1. The van der Waals surface area contributed by atoms with Crippen LogP contribution < -0.4 is 15.5 Å². The third kappa shape index (κ3) is 5.39. The smallest absolute Gasteiger partial charge is 0.255 e. The number of aromatic nitrogens is 1. The molecule has 0 atom stereocenters. The summed E-state index contributed by atoms with van der Waals surface area (Å²) in [6.45, 7) is 6.98. The molecular weight excluding hydrogens is 348 g/mol. The first-order valence-corrected chi connectivity index (χ1v) is 11.6. The summed E-state index contributed by atoms with van der Waals surface area (Å²) in [5.74, 6) is 1.83. The monoisotopic (exact) mass is 386 g/mol. The summed E-state index contributed by atoms with van der Waals surface area (Å²) in [7, 11) is 0. The van der Waals surface area contributed by atoms with Gasteiger partial charge in [-0.15, -0.1) is 0 Å². The Morgan fingerprint density at radius 1 is 1.11 bits per heavy atom. The number of nitrogens with one attached hydrogen (secondary N) is 2. The van der Waals surface area contributed by atoms with Gasteiger partial charge in [-0.3, -0.25) is 4.79 Å². The minimum absolute atomic E-state index is 0.0213. The molecule has 1 amide bonds. The first-order chi connectivity index (χ1) is 13.7. The Kier molecular flexibility index (Phi) is 7.99. The van der Waals surface area contributed by atoms with Gasteiger partial charge in [-0.05, 0) is 37.8 Å². The molecule has 0 radical (unpaired) electrons. The van der Waals surface area contributed by atoms with Crippen molar-refractivity contribution in [2.75, 3.05) is 23.3 Å². The Hall–Kier alpha value is -1.78. The molecule has 1 fully saturated rings. The third-order valence-electron chi connectivity index (χ3n) is 6.19. The van der Waals surface area contributed by atoms with Crippen LogP contribution in [-0.2, 0) is 6.54 Å². The van der Waals surface area contributed by atoms with E-state index in [4.69, 9.17) is 4.98 Å². The van der Waals surface area contributed by atoms with Crippen LogP contribution in [0.5, 0.6) is 0 Å². The second kappa shape index (κ2) is 10.7. The van der Waals surface area contributed by atoms with Gasteiger partial charge in [-0.2, -0.15) is 0 Å². The highest BCUT2D eigenvalue weighted by molar-refractivity contribution is 6.03.